The normalized spacial score (nSPS) is 10.8. The van der Waals surface area contributed by atoms with Gasteiger partial charge in [0, 0.05) is 17.3 Å². The van der Waals surface area contributed by atoms with E-state index in [0.29, 0.717) is 11.3 Å². The molecule has 134 valence electrons. The number of amides is 2. The van der Waals surface area contributed by atoms with Crippen LogP contribution in [0, 0.1) is 5.82 Å². The van der Waals surface area contributed by atoms with Crippen molar-refractivity contribution >= 4 is 29.2 Å². The standard InChI is InChI=1S/C19H17FN2O4/c1-12(11-17(23)22-16-6-4-3-5-15(16)20)18(24)21-14-9-7-13(8-10-14)19(25)26-2/h3-11H,1-2H3,(H,21,24)(H,22,23)/b12-11+. The number of hydrogen-bond donors (Lipinski definition) is 2. The summed E-state index contributed by atoms with van der Waals surface area (Å²) in [6.07, 6.45) is 1.07. The quantitative estimate of drug-likeness (QED) is 0.637. The number of benzene rings is 2. The van der Waals surface area contributed by atoms with Gasteiger partial charge in [0.25, 0.3) is 5.91 Å². The van der Waals surface area contributed by atoms with Crippen LogP contribution in [0.2, 0.25) is 0 Å². The van der Waals surface area contributed by atoms with Crippen molar-refractivity contribution in [2.45, 2.75) is 6.92 Å². The average molecular weight is 356 g/mol. The number of nitrogens with one attached hydrogen (secondary N) is 2. The fourth-order valence-corrected chi connectivity index (χ4v) is 2.03. The van der Waals surface area contributed by atoms with Gasteiger partial charge in [-0.1, -0.05) is 12.1 Å². The van der Waals surface area contributed by atoms with E-state index in [1.165, 1.54) is 56.5 Å². The molecule has 0 saturated carbocycles. The summed E-state index contributed by atoms with van der Waals surface area (Å²) in [7, 11) is 1.28. The number of rotatable bonds is 5. The molecular formula is C19H17FN2O4. The van der Waals surface area contributed by atoms with Crippen LogP contribution in [0.4, 0.5) is 15.8 Å². The Morgan fingerprint density at radius 2 is 1.65 bits per heavy atom. The zero-order chi connectivity index (χ0) is 19.1. The third kappa shape index (κ3) is 5.01. The first-order valence-corrected chi connectivity index (χ1v) is 7.64. The van der Waals surface area contributed by atoms with Gasteiger partial charge < -0.3 is 15.4 Å². The number of ether oxygens (including phenoxy) is 1. The van der Waals surface area contributed by atoms with Gasteiger partial charge in [0.1, 0.15) is 5.82 Å². The van der Waals surface area contributed by atoms with Crippen molar-refractivity contribution in [1.82, 2.24) is 0 Å². The molecule has 0 aliphatic rings. The van der Waals surface area contributed by atoms with Crippen molar-refractivity contribution in [3.8, 4) is 0 Å². The topological polar surface area (TPSA) is 84.5 Å². The number of carbonyl (C=O) groups excluding carboxylic acids is 3. The third-order valence-corrected chi connectivity index (χ3v) is 3.40. The van der Waals surface area contributed by atoms with Crippen molar-refractivity contribution in [2.75, 3.05) is 17.7 Å². The van der Waals surface area contributed by atoms with E-state index >= 15 is 0 Å². The van der Waals surface area contributed by atoms with E-state index < -0.39 is 23.6 Å². The highest BCUT2D eigenvalue weighted by atomic mass is 19.1. The summed E-state index contributed by atoms with van der Waals surface area (Å²) < 4.78 is 18.1. The zero-order valence-electron chi connectivity index (χ0n) is 14.2. The maximum atomic E-state index is 13.5. The summed E-state index contributed by atoms with van der Waals surface area (Å²) in [5, 5.41) is 4.96. The van der Waals surface area contributed by atoms with Gasteiger partial charge in [-0.25, -0.2) is 9.18 Å². The predicted molar refractivity (Wildman–Crippen MR) is 95.2 cm³/mol. The smallest absolute Gasteiger partial charge is 0.337 e. The van der Waals surface area contributed by atoms with Crippen LogP contribution >= 0.6 is 0 Å². The Balaban J connectivity index is 2.00. The molecule has 2 rings (SSSR count). The van der Waals surface area contributed by atoms with E-state index in [1.54, 1.807) is 6.07 Å². The van der Waals surface area contributed by atoms with Crippen LogP contribution in [-0.4, -0.2) is 24.9 Å². The molecule has 6 nitrogen and oxygen atoms in total. The van der Waals surface area contributed by atoms with Gasteiger partial charge in [0.15, 0.2) is 0 Å². The fourth-order valence-electron chi connectivity index (χ4n) is 2.03. The number of carbonyl (C=O) groups is 3. The van der Waals surface area contributed by atoms with Gasteiger partial charge in [-0.15, -0.1) is 0 Å². The molecular weight excluding hydrogens is 339 g/mol. The van der Waals surface area contributed by atoms with E-state index in [1.807, 2.05) is 0 Å². The molecule has 0 atom stereocenters. The fraction of sp³-hybridized carbons (Fsp3) is 0.105. The first kappa shape index (κ1) is 18.9. The average Bonchev–Trinajstić information content (AvgIpc) is 2.63. The molecule has 0 spiro atoms. The van der Waals surface area contributed by atoms with Crippen molar-refractivity contribution in [3.63, 3.8) is 0 Å². The number of halogens is 1. The summed E-state index contributed by atoms with van der Waals surface area (Å²) in [5.41, 5.74) is 0.961. The van der Waals surface area contributed by atoms with E-state index in [2.05, 4.69) is 15.4 Å². The van der Waals surface area contributed by atoms with Crippen molar-refractivity contribution in [3.05, 3.63) is 71.6 Å². The number of methoxy groups -OCH3 is 1. The second-order valence-electron chi connectivity index (χ2n) is 5.32. The van der Waals surface area contributed by atoms with E-state index in [9.17, 15) is 18.8 Å². The van der Waals surface area contributed by atoms with Crippen molar-refractivity contribution < 1.29 is 23.5 Å². The van der Waals surface area contributed by atoms with Crippen LogP contribution < -0.4 is 10.6 Å². The zero-order valence-corrected chi connectivity index (χ0v) is 14.2. The minimum Gasteiger partial charge on any atom is -0.465 e. The number of anilines is 2. The molecule has 0 aliphatic heterocycles. The maximum absolute atomic E-state index is 13.5. The first-order valence-electron chi connectivity index (χ1n) is 7.64. The van der Waals surface area contributed by atoms with E-state index in [4.69, 9.17) is 0 Å². The molecule has 2 aromatic carbocycles. The lowest BCUT2D eigenvalue weighted by molar-refractivity contribution is -0.114. The van der Waals surface area contributed by atoms with Crippen molar-refractivity contribution in [1.29, 1.82) is 0 Å². The van der Waals surface area contributed by atoms with Crippen molar-refractivity contribution in [2.24, 2.45) is 0 Å². The molecule has 26 heavy (non-hydrogen) atoms. The maximum Gasteiger partial charge on any atom is 0.337 e. The Bertz CT molecular complexity index is 860. The highest BCUT2D eigenvalue weighted by Gasteiger charge is 2.10. The Hall–Kier alpha value is -3.48. The Labute approximate surface area is 149 Å². The van der Waals surface area contributed by atoms with Crippen LogP contribution in [0.3, 0.4) is 0 Å². The summed E-state index contributed by atoms with van der Waals surface area (Å²) in [6, 6.07) is 11.8. The number of hydrogen-bond acceptors (Lipinski definition) is 4. The Morgan fingerprint density at radius 3 is 2.27 bits per heavy atom. The minimum absolute atomic E-state index is 0.0281. The van der Waals surface area contributed by atoms with Crippen LogP contribution in [0.1, 0.15) is 17.3 Å². The molecule has 2 aromatic rings. The second kappa shape index (κ2) is 8.57. The molecule has 2 N–H and O–H groups in total. The molecule has 0 heterocycles. The van der Waals surface area contributed by atoms with Crippen LogP contribution in [-0.2, 0) is 14.3 Å². The Morgan fingerprint density at radius 1 is 1.00 bits per heavy atom. The molecule has 0 radical (unpaired) electrons. The van der Waals surface area contributed by atoms with Gasteiger partial charge >= 0.3 is 5.97 Å². The molecule has 0 saturated heterocycles. The monoisotopic (exact) mass is 356 g/mol. The summed E-state index contributed by atoms with van der Waals surface area (Å²) in [6.45, 7) is 1.46. The van der Waals surface area contributed by atoms with Gasteiger partial charge in [0.2, 0.25) is 5.91 Å². The van der Waals surface area contributed by atoms with E-state index in [0.717, 1.165) is 6.08 Å². The summed E-state index contributed by atoms with van der Waals surface area (Å²) in [5.74, 6) is -2.17. The highest BCUT2D eigenvalue weighted by molar-refractivity contribution is 6.10. The molecule has 0 bridgehead atoms. The van der Waals surface area contributed by atoms with Gasteiger partial charge in [-0.05, 0) is 43.3 Å². The SMILES string of the molecule is COC(=O)c1ccc(NC(=O)/C(C)=C/C(=O)Nc2ccccc2F)cc1. The Kier molecular flexibility index (Phi) is 6.21. The van der Waals surface area contributed by atoms with Crippen LogP contribution in [0.25, 0.3) is 0 Å². The number of esters is 1. The third-order valence-electron chi connectivity index (χ3n) is 3.40. The molecule has 0 aromatic heterocycles. The molecule has 0 fully saturated rings. The predicted octanol–water partition coefficient (Wildman–Crippen LogP) is 3.14. The van der Waals surface area contributed by atoms with Crippen LogP contribution in [0.5, 0.6) is 0 Å². The van der Waals surface area contributed by atoms with Crippen LogP contribution in [0.15, 0.2) is 60.2 Å². The second-order valence-corrected chi connectivity index (χ2v) is 5.32. The molecule has 7 heteroatoms. The van der Waals surface area contributed by atoms with E-state index in [-0.39, 0.29) is 11.3 Å². The van der Waals surface area contributed by atoms with Gasteiger partial charge in [-0.2, -0.15) is 0 Å². The van der Waals surface area contributed by atoms with Gasteiger partial charge in [-0.3, -0.25) is 9.59 Å². The molecule has 2 amide bonds. The largest absolute Gasteiger partial charge is 0.465 e. The lowest BCUT2D eigenvalue weighted by Crippen LogP contribution is -2.16. The first-order chi connectivity index (χ1) is 12.4. The summed E-state index contributed by atoms with van der Waals surface area (Å²) >= 11 is 0. The lowest BCUT2D eigenvalue weighted by Gasteiger charge is -2.07. The lowest BCUT2D eigenvalue weighted by atomic mass is 10.2. The van der Waals surface area contributed by atoms with Gasteiger partial charge in [0.05, 0.1) is 18.4 Å². The summed E-state index contributed by atoms with van der Waals surface area (Å²) in [4.78, 5) is 35.4. The highest BCUT2D eigenvalue weighted by Crippen LogP contribution is 2.14. The molecule has 0 aliphatic carbocycles. The number of para-hydroxylation sites is 1. The molecule has 0 unspecified atom stereocenters. The minimum atomic E-state index is -0.621.